The molecule has 2 fully saturated rings. The zero-order valence-electron chi connectivity index (χ0n) is 11.5. The van der Waals surface area contributed by atoms with E-state index >= 15 is 0 Å². The first-order valence-electron chi connectivity index (χ1n) is 7.33. The number of rotatable bonds is 7. The molecule has 0 unspecified atom stereocenters. The Bertz CT molecular complexity index is 210. The van der Waals surface area contributed by atoms with Crippen molar-refractivity contribution in [1.29, 1.82) is 0 Å². The normalized spacial score (nSPS) is 29.8. The van der Waals surface area contributed by atoms with Crippen LogP contribution in [-0.4, -0.2) is 49.8 Å². The van der Waals surface area contributed by atoms with Crippen molar-refractivity contribution in [2.24, 2.45) is 0 Å². The smallest absolute Gasteiger partial charge is 0.0589 e. The molecule has 0 atom stereocenters. The van der Waals surface area contributed by atoms with Gasteiger partial charge in [-0.3, -0.25) is 4.90 Å². The summed E-state index contributed by atoms with van der Waals surface area (Å²) in [5, 5.41) is 3.59. The van der Waals surface area contributed by atoms with Crippen molar-refractivity contribution in [3.63, 3.8) is 0 Å². The average Bonchev–Trinajstić information content (AvgIpc) is 3.16. The van der Waals surface area contributed by atoms with Gasteiger partial charge < -0.3 is 10.1 Å². The highest BCUT2D eigenvalue weighted by Crippen LogP contribution is 2.33. The maximum absolute atomic E-state index is 5.25. The van der Waals surface area contributed by atoms with Gasteiger partial charge in [0.2, 0.25) is 0 Å². The minimum absolute atomic E-state index is 0.778. The summed E-state index contributed by atoms with van der Waals surface area (Å²) in [5.74, 6) is 0. The van der Waals surface area contributed by atoms with Crippen molar-refractivity contribution in [2.45, 2.75) is 63.6 Å². The molecule has 0 heterocycles. The van der Waals surface area contributed by atoms with Gasteiger partial charge in [0.25, 0.3) is 0 Å². The van der Waals surface area contributed by atoms with Crippen LogP contribution in [0.2, 0.25) is 0 Å². The van der Waals surface area contributed by atoms with E-state index < -0.39 is 0 Å². The van der Waals surface area contributed by atoms with Crippen LogP contribution in [0.25, 0.3) is 0 Å². The van der Waals surface area contributed by atoms with Crippen LogP contribution < -0.4 is 5.32 Å². The Balaban J connectivity index is 1.76. The molecule has 0 aliphatic heterocycles. The first-order chi connectivity index (χ1) is 8.35. The van der Waals surface area contributed by atoms with Gasteiger partial charge in [-0.05, 0) is 45.1 Å². The van der Waals surface area contributed by atoms with Crippen LogP contribution in [0.3, 0.4) is 0 Å². The van der Waals surface area contributed by atoms with Crippen LogP contribution in [0, 0.1) is 0 Å². The molecule has 0 spiro atoms. The second-order valence-corrected chi connectivity index (χ2v) is 5.52. The number of nitrogens with one attached hydrogen (secondary N) is 1. The highest BCUT2D eigenvalue weighted by atomic mass is 16.5. The first-order valence-corrected chi connectivity index (χ1v) is 7.33. The summed E-state index contributed by atoms with van der Waals surface area (Å²) >= 11 is 0. The van der Waals surface area contributed by atoms with E-state index in [0.29, 0.717) is 0 Å². The predicted molar refractivity (Wildman–Crippen MR) is 71.3 cm³/mol. The van der Waals surface area contributed by atoms with Crippen LogP contribution >= 0.6 is 0 Å². The quantitative estimate of drug-likeness (QED) is 0.737. The summed E-state index contributed by atoms with van der Waals surface area (Å²) in [6.07, 6.45) is 8.28. The Labute approximate surface area is 106 Å². The van der Waals surface area contributed by atoms with Gasteiger partial charge >= 0.3 is 0 Å². The molecular weight excluding hydrogens is 212 g/mol. The van der Waals surface area contributed by atoms with Crippen LogP contribution in [0.4, 0.5) is 0 Å². The lowest BCUT2D eigenvalue weighted by atomic mass is 9.90. The summed E-state index contributed by atoms with van der Waals surface area (Å²) < 4.78 is 5.25. The molecule has 0 amide bonds. The van der Waals surface area contributed by atoms with E-state index in [1.54, 1.807) is 0 Å². The maximum atomic E-state index is 5.25. The minimum atomic E-state index is 0.778. The van der Waals surface area contributed by atoms with Crippen LogP contribution in [-0.2, 0) is 4.74 Å². The molecule has 0 aromatic rings. The van der Waals surface area contributed by atoms with Gasteiger partial charge in [0, 0.05) is 31.8 Å². The van der Waals surface area contributed by atoms with Gasteiger partial charge in [-0.25, -0.2) is 0 Å². The summed E-state index contributed by atoms with van der Waals surface area (Å²) in [6, 6.07) is 2.48. The van der Waals surface area contributed by atoms with E-state index in [4.69, 9.17) is 4.74 Å². The molecule has 0 saturated heterocycles. The fraction of sp³-hybridized carbons (Fsp3) is 1.00. The van der Waals surface area contributed by atoms with E-state index in [1.807, 2.05) is 7.11 Å². The Morgan fingerprint density at radius 1 is 1.06 bits per heavy atom. The molecule has 0 radical (unpaired) electrons. The molecule has 2 rings (SSSR count). The van der Waals surface area contributed by atoms with Crippen LogP contribution in [0.15, 0.2) is 0 Å². The molecule has 1 N–H and O–H groups in total. The summed E-state index contributed by atoms with van der Waals surface area (Å²) in [7, 11) is 1.81. The zero-order chi connectivity index (χ0) is 12.1. The molecule has 2 aliphatic carbocycles. The summed E-state index contributed by atoms with van der Waals surface area (Å²) in [6.45, 7) is 5.36. The van der Waals surface area contributed by atoms with Crippen molar-refractivity contribution < 1.29 is 4.74 Å². The lowest BCUT2D eigenvalue weighted by Gasteiger charge is -2.37. The number of hydrogen-bond donors (Lipinski definition) is 1. The standard InChI is InChI=1S/C14H28N2O/c1-3-15-12-4-6-13(7-5-12)16(10-11-17-2)14-8-9-14/h12-15H,3-11H2,1-2H3. The molecule has 0 aromatic heterocycles. The highest BCUT2D eigenvalue weighted by molar-refractivity contribution is 4.91. The van der Waals surface area contributed by atoms with Gasteiger partial charge in [0.05, 0.1) is 6.61 Å². The fourth-order valence-corrected chi connectivity index (χ4v) is 3.17. The fourth-order valence-electron chi connectivity index (χ4n) is 3.17. The zero-order valence-corrected chi connectivity index (χ0v) is 11.5. The lowest BCUT2D eigenvalue weighted by Crippen LogP contribution is -2.44. The molecule has 0 bridgehead atoms. The molecular formula is C14H28N2O. The Morgan fingerprint density at radius 2 is 1.65 bits per heavy atom. The minimum Gasteiger partial charge on any atom is -0.383 e. The monoisotopic (exact) mass is 240 g/mol. The number of ether oxygens (including phenoxy) is 1. The van der Waals surface area contributed by atoms with Crippen molar-refractivity contribution in [1.82, 2.24) is 10.2 Å². The molecule has 2 saturated carbocycles. The van der Waals surface area contributed by atoms with Gasteiger partial charge in [0.1, 0.15) is 0 Å². The third-order valence-corrected chi connectivity index (χ3v) is 4.23. The van der Waals surface area contributed by atoms with E-state index in [9.17, 15) is 0 Å². The SMILES string of the molecule is CCNC1CCC(N(CCOC)C2CC2)CC1. The van der Waals surface area contributed by atoms with Crippen LogP contribution in [0.5, 0.6) is 0 Å². The summed E-state index contributed by atoms with van der Waals surface area (Å²) in [4.78, 5) is 2.73. The van der Waals surface area contributed by atoms with E-state index in [-0.39, 0.29) is 0 Å². The average molecular weight is 240 g/mol. The molecule has 0 aromatic carbocycles. The molecule has 3 nitrogen and oxygen atoms in total. The number of nitrogens with zero attached hydrogens (tertiary/aromatic N) is 1. The highest BCUT2D eigenvalue weighted by Gasteiger charge is 2.35. The van der Waals surface area contributed by atoms with Gasteiger partial charge in [-0.15, -0.1) is 0 Å². The summed E-state index contributed by atoms with van der Waals surface area (Å²) in [5.41, 5.74) is 0. The van der Waals surface area contributed by atoms with Crippen molar-refractivity contribution >= 4 is 0 Å². The Kier molecular flexibility index (Phi) is 5.26. The van der Waals surface area contributed by atoms with Gasteiger partial charge in [-0.1, -0.05) is 6.92 Å². The van der Waals surface area contributed by atoms with Crippen molar-refractivity contribution in [2.75, 3.05) is 26.8 Å². The maximum Gasteiger partial charge on any atom is 0.0589 e. The molecule has 3 heteroatoms. The van der Waals surface area contributed by atoms with Crippen LogP contribution in [0.1, 0.15) is 45.4 Å². The van der Waals surface area contributed by atoms with E-state index in [1.165, 1.54) is 38.5 Å². The topological polar surface area (TPSA) is 24.5 Å². The molecule has 17 heavy (non-hydrogen) atoms. The third kappa shape index (κ3) is 3.94. The van der Waals surface area contributed by atoms with Crippen molar-refractivity contribution in [3.8, 4) is 0 Å². The second kappa shape index (κ2) is 6.72. The predicted octanol–water partition coefficient (Wildman–Crippen LogP) is 2.02. The molecule has 2 aliphatic rings. The lowest BCUT2D eigenvalue weighted by molar-refractivity contribution is 0.0907. The Morgan fingerprint density at radius 3 is 2.12 bits per heavy atom. The number of hydrogen-bond acceptors (Lipinski definition) is 3. The molecule has 100 valence electrons. The largest absolute Gasteiger partial charge is 0.383 e. The van der Waals surface area contributed by atoms with Gasteiger partial charge in [-0.2, -0.15) is 0 Å². The first kappa shape index (κ1) is 13.3. The number of methoxy groups -OCH3 is 1. The van der Waals surface area contributed by atoms with E-state index in [0.717, 1.165) is 37.8 Å². The second-order valence-electron chi connectivity index (χ2n) is 5.52. The third-order valence-electron chi connectivity index (χ3n) is 4.23. The van der Waals surface area contributed by atoms with Gasteiger partial charge in [0.15, 0.2) is 0 Å². The van der Waals surface area contributed by atoms with E-state index in [2.05, 4.69) is 17.1 Å². The van der Waals surface area contributed by atoms with Crippen molar-refractivity contribution in [3.05, 3.63) is 0 Å². The Hall–Kier alpha value is -0.120.